The Bertz CT molecular complexity index is 2260. The minimum atomic E-state index is 0.201. The standard InChI is InChI=1S/C50H43NS/c1-3-5-18-41-35-46(38-20-8-6-9-21-38)44(4-2)45(49(41)42-31-30-37-19-12-13-24-40(37)34-42)25-16-17-36-28-32-43(33-29-36)51-47-26-14-15-27-48(47)52-50(51)39-22-10-7-11-23-39/h3-4,6-12,14-16,18-23,25-34,50H,1-2,5,13,17,24,35H2/b25-16-,41-18+. The van der Waals surface area contributed by atoms with Crippen LogP contribution in [0.3, 0.4) is 0 Å². The molecule has 2 heteroatoms. The number of hydrogen-bond acceptors (Lipinski definition) is 2. The molecule has 2 aliphatic carbocycles. The van der Waals surface area contributed by atoms with Crippen molar-refractivity contribution in [2.45, 2.75) is 42.4 Å². The predicted molar refractivity (Wildman–Crippen MR) is 225 cm³/mol. The molecule has 0 amide bonds. The van der Waals surface area contributed by atoms with Gasteiger partial charge in [-0.3, -0.25) is 0 Å². The molecule has 0 N–H and O–H groups in total. The second-order valence-electron chi connectivity index (χ2n) is 13.5. The van der Waals surface area contributed by atoms with Crippen molar-refractivity contribution in [1.29, 1.82) is 0 Å². The Morgan fingerprint density at radius 2 is 1.54 bits per heavy atom. The van der Waals surface area contributed by atoms with E-state index >= 15 is 0 Å². The van der Waals surface area contributed by atoms with Gasteiger partial charge in [-0.2, -0.15) is 0 Å². The average Bonchev–Trinajstić information content (AvgIpc) is 3.60. The summed E-state index contributed by atoms with van der Waals surface area (Å²) in [6.45, 7) is 8.43. The number of nitrogens with zero attached hydrogens (tertiary/aromatic N) is 1. The van der Waals surface area contributed by atoms with Crippen molar-refractivity contribution in [3.05, 3.63) is 227 Å². The maximum Gasteiger partial charge on any atom is 0.110 e. The molecule has 0 bridgehead atoms. The Morgan fingerprint density at radius 3 is 2.33 bits per heavy atom. The topological polar surface area (TPSA) is 3.24 Å². The largest absolute Gasteiger partial charge is 0.323 e. The summed E-state index contributed by atoms with van der Waals surface area (Å²) in [5.41, 5.74) is 16.7. The molecule has 3 aliphatic rings. The van der Waals surface area contributed by atoms with Crippen molar-refractivity contribution in [3.8, 4) is 0 Å². The van der Waals surface area contributed by atoms with Crippen LogP contribution in [0.15, 0.2) is 199 Å². The molecule has 0 saturated heterocycles. The lowest BCUT2D eigenvalue weighted by Crippen LogP contribution is -2.17. The summed E-state index contributed by atoms with van der Waals surface area (Å²) in [7, 11) is 0. The third kappa shape index (κ3) is 6.75. The quantitative estimate of drug-likeness (QED) is 0.134. The lowest BCUT2D eigenvalue weighted by molar-refractivity contribution is 0.963. The highest BCUT2D eigenvalue weighted by molar-refractivity contribution is 8.00. The van der Waals surface area contributed by atoms with Crippen LogP contribution in [0.5, 0.6) is 0 Å². The summed E-state index contributed by atoms with van der Waals surface area (Å²) in [6, 6.07) is 46.6. The molecule has 0 fully saturated rings. The highest BCUT2D eigenvalue weighted by Gasteiger charge is 2.32. The molecule has 254 valence electrons. The molecule has 1 nitrogen and oxygen atoms in total. The minimum absolute atomic E-state index is 0.201. The van der Waals surface area contributed by atoms with E-state index in [0.717, 1.165) is 32.1 Å². The summed E-state index contributed by atoms with van der Waals surface area (Å²) in [4.78, 5) is 3.80. The van der Waals surface area contributed by atoms with E-state index in [2.05, 4.69) is 182 Å². The minimum Gasteiger partial charge on any atom is -0.323 e. The van der Waals surface area contributed by atoms with Crippen LogP contribution in [-0.2, 0) is 12.8 Å². The van der Waals surface area contributed by atoms with Gasteiger partial charge >= 0.3 is 0 Å². The summed E-state index contributed by atoms with van der Waals surface area (Å²) in [5.74, 6) is 0. The molecule has 0 aromatic heterocycles. The van der Waals surface area contributed by atoms with Crippen molar-refractivity contribution in [1.82, 2.24) is 0 Å². The van der Waals surface area contributed by atoms with Gasteiger partial charge in [0.05, 0.1) is 5.69 Å². The molecule has 8 rings (SSSR count). The number of anilines is 2. The van der Waals surface area contributed by atoms with E-state index in [9.17, 15) is 0 Å². The van der Waals surface area contributed by atoms with Gasteiger partial charge in [0.2, 0.25) is 0 Å². The predicted octanol–water partition coefficient (Wildman–Crippen LogP) is 13.7. The van der Waals surface area contributed by atoms with E-state index in [-0.39, 0.29) is 5.37 Å². The number of allylic oxidation sites excluding steroid dienone is 11. The lowest BCUT2D eigenvalue weighted by Gasteiger charge is -2.28. The fraction of sp³-hybridized carbons (Fsp3) is 0.120. The van der Waals surface area contributed by atoms with Crippen LogP contribution in [0, 0.1) is 0 Å². The van der Waals surface area contributed by atoms with Crippen LogP contribution < -0.4 is 4.90 Å². The van der Waals surface area contributed by atoms with Crippen molar-refractivity contribution in [2.24, 2.45) is 0 Å². The van der Waals surface area contributed by atoms with Crippen LogP contribution in [-0.4, -0.2) is 0 Å². The third-order valence-corrected chi connectivity index (χ3v) is 11.6. The Morgan fingerprint density at radius 1 is 0.769 bits per heavy atom. The van der Waals surface area contributed by atoms with E-state index in [4.69, 9.17) is 0 Å². The normalized spacial score (nSPS) is 17.5. The Balaban J connectivity index is 1.16. The maximum atomic E-state index is 4.38. The van der Waals surface area contributed by atoms with Crippen molar-refractivity contribution < 1.29 is 0 Å². The molecule has 1 heterocycles. The maximum absolute atomic E-state index is 4.38. The van der Waals surface area contributed by atoms with E-state index in [1.165, 1.54) is 77.5 Å². The molecule has 5 aromatic carbocycles. The third-order valence-electron chi connectivity index (χ3n) is 10.3. The van der Waals surface area contributed by atoms with E-state index < -0.39 is 0 Å². The van der Waals surface area contributed by atoms with E-state index in [1.807, 2.05) is 17.8 Å². The zero-order valence-corrected chi connectivity index (χ0v) is 30.4. The summed E-state index contributed by atoms with van der Waals surface area (Å²) >= 11 is 1.92. The molecule has 0 spiro atoms. The fourth-order valence-corrected chi connectivity index (χ4v) is 9.07. The van der Waals surface area contributed by atoms with Gasteiger partial charge in [0.25, 0.3) is 0 Å². The second-order valence-corrected chi connectivity index (χ2v) is 14.6. The molecule has 1 aliphatic heterocycles. The van der Waals surface area contributed by atoms with Crippen LogP contribution >= 0.6 is 11.8 Å². The van der Waals surface area contributed by atoms with Crippen molar-refractivity contribution in [2.75, 3.05) is 4.90 Å². The molecule has 52 heavy (non-hydrogen) atoms. The molecular weight excluding hydrogens is 647 g/mol. The first kappa shape index (κ1) is 33.6. The van der Waals surface area contributed by atoms with E-state index in [0.29, 0.717) is 0 Å². The van der Waals surface area contributed by atoms with Gasteiger partial charge in [0.1, 0.15) is 5.37 Å². The van der Waals surface area contributed by atoms with Crippen LogP contribution in [0.4, 0.5) is 11.4 Å². The number of aryl methyl sites for hydroxylation is 1. The molecule has 5 aromatic rings. The Hall–Kier alpha value is -5.57. The molecule has 0 radical (unpaired) electrons. The van der Waals surface area contributed by atoms with Crippen molar-refractivity contribution >= 4 is 40.4 Å². The zero-order valence-electron chi connectivity index (χ0n) is 29.5. The number of benzene rings is 5. The molecule has 1 atom stereocenters. The van der Waals surface area contributed by atoms with Crippen LogP contribution in [0.1, 0.15) is 58.0 Å². The first-order chi connectivity index (χ1) is 25.7. The highest BCUT2D eigenvalue weighted by atomic mass is 32.2. The highest BCUT2D eigenvalue weighted by Crippen LogP contribution is 2.54. The smallest absolute Gasteiger partial charge is 0.110 e. The SMILES string of the molecule is C=CC/C=C1\CC(c2ccccc2)=C(C=C)C(/C=C\Cc2ccc(N3c4ccccc4SC3c3ccccc3)cc2)=C1c1ccc2c(c1)CCC=C2. The Kier molecular flexibility index (Phi) is 9.91. The lowest BCUT2D eigenvalue weighted by atomic mass is 9.76. The molecule has 1 unspecified atom stereocenters. The first-order valence-corrected chi connectivity index (χ1v) is 19.2. The Labute approximate surface area is 313 Å². The van der Waals surface area contributed by atoms with Crippen molar-refractivity contribution in [3.63, 3.8) is 0 Å². The van der Waals surface area contributed by atoms with E-state index in [1.54, 1.807) is 0 Å². The van der Waals surface area contributed by atoms with Gasteiger partial charge < -0.3 is 4.90 Å². The average molecular weight is 690 g/mol. The summed E-state index contributed by atoms with van der Waals surface area (Å²) in [5, 5.41) is 0.201. The van der Waals surface area contributed by atoms with Gasteiger partial charge in [-0.05, 0) is 118 Å². The van der Waals surface area contributed by atoms with Gasteiger partial charge in [0, 0.05) is 10.6 Å². The number of fused-ring (bicyclic) bond motifs is 2. The number of rotatable bonds is 10. The van der Waals surface area contributed by atoms with Crippen LogP contribution in [0.25, 0.3) is 17.2 Å². The molecule has 0 saturated carbocycles. The number of thioether (sulfide) groups is 1. The zero-order chi connectivity index (χ0) is 35.3. The fourth-order valence-electron chi connectivity index (χ4n) is 7.75. The second kappa shape index (κ2) is 15.4. The molecular formula is C50H43NS. The number of hydrogen-bond donors (Lipinski definition) is 0. The van der Waals surface area contributed by atoms with Gasteiger partial charge in [-0.1, -0.05) is 164 Å². The van der Waals surface area contributed by atoms with Gasteiger partial charge in [-0.25, -0.2) is 0 Å². The summed E-state index contributed by atoms with van der Waals surface area (Å²) < 4.78 is 0. The summed E-state index contributed by atoms with van der Waals surface area (Å²) in [6.07, 6.45) is 20.3. The van der Waals surface area contributed by atoms with Crippen LogP contribution in [0.2, 0.25) is 0 Å². The monoisotopic (exact) mass is 689 g/mol. The number of para-hydroxylation sites is 1. The van der Waals surface area contributed by atoms with Gasteiger partial charge in [-0.15, -0.1) is 6.58 Å². The first-order valence-electron chi connectivity index (χ1n) is 18.3. The van der Waals surface area contributed by atoms with Gasteiger partial charge in [0.15, 0.2) is 0 Å².